The second-order valence-corrected chi connectivity index (χ2v) is 8.41. The van der Waals surface area contributed by atoms with E-state index in [4.69, 9.17) is 4.74 Å². The Labute approximate surface area is 194 Å². The molecule has 174 valence electrons. The Balaban J connectivity index is 1.19. The van der Waals surface area contributed by atoms with Gasteiger partial charge in [0.25, 0.3) is 11.9 Å². The van der Waals surface area contributed by atoms with E-state index in [1.807, 2.05) is 36.4 Å². The molecule has 0 unspecified atom stereocenters. The first-order valence-corrected chi connectivity index (χ1v) is 11.1. The molecular formula is C24H23N5O5. The van der Waals surface area contributed by atoms with Crippen LogP contribution in [0.5, 0.6) is 0 Å². The lowest BCUT2D eigenvalue weighted by Gasteiger charge is -2.16. The summed E-state index contributed by atoms with van der Waals surface area (Å²) in [7, 11) is 0. The summed E-state index contributed by atoms with van der Waals surface area (Å²) in [5.74, 6) is -2.44. The lowest BCUT2D eigenvalue weighted by molar-refractivity contribution is -0.142. The maximum absolute atomic E-state index is 12.4. The fraction of sp³-hybridized carbons (Fsp3) is 0.292. The van der Waals surface area contributed by atoms with E-state index < -0.39 is 29.9 Å². The summed E-state index contributed by atoms with van der Waals surface area (Å²) in [5, 5.41) is 20.7. The van der Waals surface area contributed by atoms with E-state index in [9.17, 15) is 19.5 Å². The molecule has 1 saturated carbocycles. The van der Waals surface area contributed by atoms with E-state index in [0.717, 1.165) is 28.7 Å². The molecule has 10 nitrogen and oxygen atoms in total. The Morgan fingerprint density at radius 2 is 1.71 bits per heavy atom. The average Bonchev–Trinajstić information content (AvgIpc) is 3.56. The molecule has 2 aliphatic rings. The number of fused-ring (bicyclic) bond motifs is 3. The van der Waals surface area contributed by atoms with Crippen molar-refractivity contribution in [3.05, 3.63) is 65.5 Å². The number of carboxylic acids is 1. The van der Waals surface area contributed by atoms with Crippen LogP contribution in [-0.2, 0) is 9.53 Å². The van der Waals surface area contributed by atoms with E-state index >= 15 is 0 Å². The minimum Gasteiger partial charge on any atom is -0.481 e. The smallest absolute Gasteiger partial charge is 0.414 e. The molecule has 5 rings (SSSR count). The number of H-pyrrole nitrogens is 1. The Bertz CT molecular complexity index is 1210. The highest BCUT2D eigenvalue weighted by Crippen LogP contribution is 2.44. The monoisotopic (exact) mass is 461 g/mol. The highest BCUT2D eigenvalue weighted by molar-refractivity contribution is 5.92. The van der Waals surface area contributed by atoms with E-state index in [1.165, 1.54) is 0 Å². The van der Waals surface area contributed by atoms with Crippen molar-refractivity contribution in [2.75, 3.05) is 11.9 Å². The van der Waals surface area contributed by atoms with Gasteiger partial charge >= 0.3 is 12.1 Å². The number of aromatic amines is 1. The van der Waals surface area contributed by atoms with Crippen LogP contribution in [0.15, 0.2) is 48.5 Å². The Hall–Kier alpha value is -4.21. The van der Waals surface area contributed by atoms with Crippen LogP contribution in [-0.4, -0.2) is 50.9 Å². The lowest BCUT2D eigenvalue weighted by atomic mass is 9.98. The number of anilines is 1. The zero-order chi connectivity index (χ0) is 23.7. The zero-order valence-corrected chi connectivity index (χ0v) is 18.2. The van der Waals surface area contributed by atoms with Crippen LogP contribution < -0.4 is 10.6 Å². The second-order valence-electron chi connectivity index (χ2n) is 8.41. The number of aliphatic carboxylic acids is 1. The van der Waals surface area contributed by atoms with Crippen molar-refractivity contribution in [3.8, 4) is 11.1 Å². The first kappa shape index (κ1) is 21.6. The number of carboxylic acid groups (broad SMARTS) is 1. The Kier molecular flexibility index (Phi) is 5.70. The molecule has 1 aromatic heterocycles. The van der Waals surface area contributed by atoms with Gasteiger partial charge in [0.1, 0.15) is 6.61 Å². The molecule has 0 bridgehead atoms. The topological polar surface area (TPSA) is 146 Å². The molecule has 1 heterocycles. The number of aromatic nitrogens is 3. The second kappa shape index (κ2) is 8.97. The first-order chi connectivity index (χ1) is 16.5. The summed E-state index contributed by atoms with van der Waals surface area (Å²) in [5.41, 5.74) is 4.45. The molecule has 1 fully saturated rings. The van der Waals surface area contributed by atoms with Gasteiger partial charge in [-0.25, -0.2) is 4.79 Å². The third kappa shape index (κ3) is 4.09. The number of rotatable bonds is 6. The first-order valence-electron chi connectivity index (χ1n) is 11.1. The van der Waals surface area contributed by atoms with Gasteiger partial charge in [-0.05, 0) is 35.1 Å². The molecule has 2 aromatic carbocycles. The van der Waals surface area contributed by atoms with Gasteiger partial charge in [0.15, 0.2) is 0 Å². The summed E-state index contributed by atoms with van der Waals surface area (Å²) in [6, 6.07) is 15.6. The van der Waals surface area contributed by atoms with E-state index in [-0.39, 0.29) is 24.3 Å². The van der Waals surface area contributed by atoms with Gasteiger partial charge in [0.2, 0.25) is 5.82 Å². The minimum atomic E-state index is -0.932. The minimum absolute atomic E-state index is 0.0831. The summed E-state index contributed by atoms with van der Waals surface area (Å²) in [6.45, 7) is 0.135. The summed E-state index contributed by atoms with van der Waals surface area (Å²) in [4.78, 5) is 40.1. The van der Waals surface area contributed by atoms with Crippen LogP contribution in [0.2, 0.25) is 0 Å². The van der Waals surface area contributed by atoms with Gasteiger partial charge in [0.05, 0.1) is 5.92 Å². The van der Waals surface area contributed by atoms with Crippen molar-refractivity contribution in [3.63, 3.8) is 0 Å². The van der Waals surface area contributed by atoms with Crippen LogP contribution in [0.25, 0.3) is 11.1 Å². The SMILES string of the molecule is O=C(Nc1n[nH]c(C(=O)N[C@H]2CCC[C@H]2C(=O)O)n1)OCC1c2ccccc2-c2ccccc21. The Morgan fingerprint density at radius 1 is 1.03 bits per heavy atom. The van der Waals surface area contributed by atoms with Crippen LogP contribution in [0.3, 0.4) is 0 Å². The number of carbonyl (C=O) groups excluding carboxylic acids is 2. The molecule has 3 aromatic rings. The number of ether oxygens (including phenoxy) is 1. The van der Waals surface area contributed by atoms with E-state index in [1.54, 1.807) is 0 Å². The number of hydrogen-bond donors (Lipinski definition) is 4. The molecular weight excluding hydrogens is 438 g/mol. The Morgan fingerprint density at radius 3 is 2.38 bits per heavy atom. The molecule has 0 aliphatic heterocycles. The van der Waals surface area contributed by atoms with Gasteiger partial charge in [0, 0.05) is 12.0 Å². The zero-order valence-electron chi connectivity index (χ0n) is 18.2. The number of benzene rings is 2. The number of nitrogens with one attached hydrogen (secondary N) is 3. The van der Waals surface area contributed by atoms with Crippen molar-refractivity contribution in [2.24, 2.45) is 5.92 Å². The van der Waals surface area contributed by atoms with Crippen molar-refractivity contribution < 1.29 is 24.2 Å². The average molecular weight is 461 g/mol. The fourth-order valence-corrected chi connectivity index (χ4v) is 4.81. The van der Waals surface area contributed by atoms with Gasteiger partial charge in [-0.1, -0.05) is 55.0 Å². The van der Waals surface area contributed by atoms with E-state index in [2.05, 4.69) is 37.9 Å². The predicted octanol–water partition coefficient (Wildman–Crippen LogP) is 3.15. The van der Waals surface area contributed by atoms with Crippen LogP contribution >= 0.6 is 0 Å². The maximum atomic E-state index is 12.4. The number of nitrogens with zero attached hydrogens (tertiary/aromatic N) is 2. The van der Waals surface area contributed by atoms with Crippen LogP contribution in [0.1, 0.15) is 46.9 Å². The highest BCUT2D eigenvalue weighted by atomic mass is 16.5. The molecule has 4 N–H and O–H groups in total. The third-order valence-electron chi connectivity index (χ3n) is 6.41. The number of amides is 2. The van der Waals surface area contributed by atoms with E-state index in [0.29, 0.717) is 12.8 Å². The third-order valence-corrected chi connectivity index (χ3v) is 6.41. The van der Waals surface area contributed by atoms with Gasteiger partial charge in [-0.2, -0.15) is 4.98 Å². The summed E-state index contributed by atoms with van der Waals surface area (Å²) < 4.78 is 5.45. The molecule has 2 atom stereocenters. The van der Waals surface area contributed by atoms with Crippen LogP contribution in [0, 0.1) is 5.92 Å². The maximum Gasteiger partial charge on any atom is 0.414 e. The predicted molar refractivity (Wildman–Crippen MR) is 121 cm³/mol. The lowest BCUT2D eigenvalue weighted by Crippen LogP contribution is -2.40. The normalized spacial score (nSPS) is 18.7. The quantitative estimate of drug-likeness (QED) is 0.441. The van der Waals surface area contributed by atoms with Crippen molar-refractivity contribution in [2.45, 2.75) is 31.2 Å². The molecule has 0 radical (unpaired) electrons. The van der Waals surface area contributed by atoms with Crippen LogP contribution in [0.4, 0.5) is 10.7 Å². The van der Waals surface area contributed by atoms with Gasteiger partial charge in [-0.3, -0.25) is 20.0 Å². The van der Waals surface area contributed by atoms with Gasteiger partial charge in [-0.15, -0.1) is 5.10 Å². The molecule has 0 spiro atoms. The van der Waals surface area contributed by atoms with Crippen molar-refractivity contribution in [1.29, 1.82) is 0 Å². The molecule has 2 aliphatic carbocycles. The van der Waals surface area contributed by atoms with Gasteiger partial charge < -0.3 is 15.2 Å². The molecule has 10 heteroatoms. The molecule has 2 amide bonds. The summed E-state index contributed by atoms with van der Waals surface area (Å²) in [6.07, 6.45) is 1.09. The van der Waals surface area contributed by atoms with Crippen molar-refractivity contribution in [1.82, 2.24) is 20.5 Å². The number of carbonyl (C=O) groups is 3. The largest absolute Gasteiger partial charge is 0.481 e. The molecule has 34 heavy (non-hydrogen) atoms. The fourth-order valence-electron chi connectivity index (χ4n) is 4.81. The molecule has 0 saturated heterocycles. The van der Waals surface area contributed by atoms with Crippen molar-refractivity contribution >= 4 is 23.9 Å². The standard InChI is InChI=1S/C24H23N5O5/c30-21(25-19-11-5-10-17(19)22(31)32)20-26-23(29-28-20)27-24(33)34-12-18-15-8-3-1-6-13(15)14-7-2-4-9-16(14)18/h1-4,6-9,17-19H,5,10-12H2,(H,25,30)(H,31,32)(H2,26,27,28,29,33)/t17-,19+/m1/s1. The highest BCUT2D eigenvalue weighted by Gasteiger charge is 2.34. The summed E-state index contributed by atoms with van der Waals surface area (Å²) >= 11 is 0. The number of hydrogen-bond acceptors (Lipinski definition) is 6.